The molecule has 1 amide bonds. The number of aryl methyl sites for hydroxylation is 1. The number of fused-ring (bicyclic) bond motifs is 1. The number of pyridine rings is 1. The van der Waals surface area contributed by atoms with Crippen molar-refractivity contribution in [3.8, 4) is 0 Å². The Labute approximate surface area is 134 Å². The van der Waals surface area contributed by atoms with E-state index in [-0.39, 0.29) is 17.0 Å². The van der Waals surface area contributed by atoms with E-state index in [9.17, 15) is 9.59 Å². The molecular weight excluding hydrogens is 290 g/mol. The van der Waals surface area contributed by atoms with Crippen molar-refractivity contribution in [3.63, 3.8) is 0 Å². The Balaban J connectivity index is 1.78. The molecule has 1 saturated carbocycles. The van der Waals surface area contributed by atoms with Crippen LogP contribution < -0.4 is 15.4 Å². The molecule has 1 aromatic carbocycles. The zero-order valence-electron chi connectivity index (χ0n) is 13.1. The van der Waals surface area contributed by atoms with E-state index in [1.165, 1.54) is 18.4 Å². The fourth-order valence-corrected chi connectivity index (χ4v) is 3.37. The van der Waals surface area contributed by atoms with Crippen LogP contribution in [-0.2, 0) is 0 Å². The zero-order chi connectivity index (χ0) is 16.0. The summed E-state index contributed by atoms with van der Waals surface area (Å²) in [5.41, 5.74) is 3.09. The molecule has 0 unspecified atom stereocenters. The van der Waals surface area contributed by atoms with Gasteiger partial charge in [-0.05, 0) is 43.5 Å². The van der Waals surface area contributed by atoms with Gasteiger partial charge in [0.2, 0.25) is 0 Å². The smallest absolute Gasteiger partial charge is 0.263 e. The van der Waals surface area contributed by atoms with Crippen LogP contribution in [0.3, 0.4) is 0 Å². The van der Waals surface area contributed by atoms with Gasteiger partial charge in [0.25, 0.3) is 11.5 Å². The fraction of sp³-hybridized carbons (Fsp3) is 0.333. The third kappa shape index (κ3) is 2.32. The van der Waals surface area contributed by atoms with Crippen molar-refractivity contribution in [3.05, 3.63) is 58.0 Å². The number of anilines is 2. The van der Waals surface area contributed by atoms with Gasteiger partial charge in [0.15, 0.2) is 0 Å². The summed E-state index contributed by atoms with van der Waals surface area (Å²) >= 11 is 0. The minimum Gasteiger partial charge on any atom is -0.365 e. The van der Waals surface area contributed by atoms with Crippen LogP contribution in [0.1, 0.15) is 28.8 Å². The third-order valence-electron chi connectivity index (χ3n) is 4.64. The number of carbonyl (C=O) groups is 1. The molecule has 23 heavy (non-hydrogen) atoms. The average molecular weight is 309 g/mol. The first-order valence-corrected chi connectivity index (χ1v) is 8.02. The highest BCUT2D eigenvalue weighted by Crippen LogP contribution is 2.42. The van der Waals surface area contributed by atoms with Gasteiger partial charge in [-0.1, -0.05) is 12.1 Å². The average Bonchev–Trinajstić information content (AvgIpc) is 3.39. The summed E-state index contributed by atoms with van der Waals surface area (Å²) in [5, 5.41) is 0. The standard InChI is InChI=1S/C18H19N3O2/c1-12-4-2-6-15-16(12)20(13-7-8-13)10-11-21(15)18(23)14-5-3-9-19-17(14)22/h2-6,9,13H,7-8,10-11H2,1H3,(H,19,22). The molecule has 118 valence electrons. The number of hydrogen-bond donors (Lipinski definition) is 1. The minimum atomic E-state index is -0.337. The number of para-hydroxylation sites is 1. The lowest BCUT2D eigenvalue weighted by Gasteiger charge is -2.39. The predicted octanol–water partition coefficient (Wildman–Crippen LogP) is 2.31. The quantitative estimate of drug-likeness (QED) is 0.926. The normalized spacial score (nSPS) is 17.1. The predicted molar refractivity (Wildman–Crippen MR) is 90.3 cm³/mol. The number of benzene rings is 1. The lowest BCUT2D eigenvalue weighted by Crippen LogP contribution is -2.46. The van der Waals surface area contributed by atoms with Gasteiger partial charge >= 0.3 is 0 Å². The van der Waals surface area contributed by atoms with Gasteiger partial charge in [0, 0.05) is 25.3 Å². The molecule has 0 radical (unpaired) electrons. The molecule has 0 atom stereocenters. The van der Waals surface area contributed by atoms with Gasteiger partial charge < -0.3 is 14.8 Å². The minimum absolute atomic E-state index is 0.194. The molecule has 1 fully saturated rings. The van der Waals surface area contributed by atoms with E-state index < -0.39 is 0 Å². The zero-order valence-corrected chi connectivity index (χ0v) is 13.1. The molecule has 0 bridgehead atoms. The number of nitrogens with zero attached hydrogens (tertiary/aromatic N) is 2. The number of H-pyrrole nitrogens is 1. The molecule has 1 aliphatic heterocycles. The highest BCUT2D eigenvalue weighted by molar-refractivity contribution is 6.08. The summed E-state index contributed by atoms with van der Waals surface area (Å²) < 4.78 is 0. The van der Waals surface area contributed by atoms with E-state index >= 15 is 0 Å². The van der Waals surface area contributed by atoms with Crippen LogP contribution >= 0.6 is 0 Å². The maximum atomic E-state index is 12.9. The molecule has 1 aliphatic carbocycles. The summed E-state index contributed by atoms with van der Waals surface area (Å²) in [7, 11) is 0. The Morgan fingerprint density at radius 1 is 1.17 bits per heavy atom. The molecule has 1 N–H and O–H groups in total. The van der Waals surface area contributed by atoms with E-state index in [0.717, 1.165) is 17.9 Å². The van der Waals surface area contributed by atoms with Crippen LogP contribution in [-0.4, -0.2) is 30.0 Å². The van der Waals surface area contributed by atoms with Crippen LogP contribution in [0.5, 0.6) is 0 Å². The molecule has 2 aromatic rings. The molecule has 5 nitrogen and oxygen atoms in total. The lowest BCUT2D eigenvalue weighted by atomic mass is 10.1. The molecule has 4 rings (SSSR count). The Bertz CT molecular complexity index is 823. The number of amides is 1. The van der Waals surface area contributed by atoms with Crippen LogP contribution in [0.2, 0.25) is 0 Å². The molecule has 0 saturated heterocycles. The van der Waals surface area contributed by atoms with Gasteiger partial charge in [-0.15, -0.1) is 0 Å². The first-order valence-electron chi connectivity index (χ1n) is 8.02. The summed E-state index contributed by atoms with van der Waals surface area (Å²) in [5.74, 6) is -0.228. The number of rotatable bonds is 2. The second-order valence-corrected chi connectivity index (χ2v) is 6.24. The largest absolute Gasteiger partial charge is 0.365 e. The number of aromatic nitrogens is 1. The van der Waals surface area contributed by atoms with Gasteiger partial charge in [-0.2, -0.15) is 0 Å². The van der Waals surface area contributed by atoms with Crippen molar-refractivity contribution in [2.24, 2.45) is 0 Å². The van der Waals surface area contributed by atoms with Crippen LogP contribution in [0.15, 0.2) is 41.3 Å². The van der Waals surface area contributed by atoms with Gasteiger partial charge in [0.05, 0.1) is 11.4 Å². The third-order valence-corrected chi connectivity index (χ3v) is 4.64. The molecule has 0 spiro atoms. The Hall–Kier alpha value is -2.56. The van der Waals surface area contributed by atoms with Gasteiger partial charge in [0.1, 0.15) is 5.56 Å². The van der Waals surface area contributed by atoms with Crippen molar-refractivity contribution >= 4 is 17.3 Å². The fourth-order valence-electron chi connectivity index (χ4n) is 3.37. The van der Waals surface area contributed by atoms with Gasteiger partial charge in [-0.3, -0.25) is 9.59 Å². The van der Waals surface area contributed by atoms with Gasteiger partial charge in [-0.25, -0.2) is 0 Å². The van der Waals surface area contributed by atoms with Crippen molar-refractivity contribution in [1.29, 1.82) is 0 Å². The summed E-state index contributed by atoms with van der Waals surface area (Å²) in [6.45, 7) is 3.51. The van der Waals surface area contributed by atoms with E-state index in [1.807, 2.05) is 12.1 Å². The molecule has 2 aliphatic rings. The Kier molecular flexibility index (Phi) is 3.22. The maximum Gasteiger partial charge on any atom is 0.263 e. The lowest BCUT2D eigenvalue weighted by molar-refractivity contribution is 0.0985. The van der Waals surface area contributed by atoms with Crippen molar-refractivity contribution in [1.82, 2.24) is 4.98 Å². The molecule has 1 aromatic heterocycles. The topological polar surface area (TPSA) is 56.4 Å². The number of carbonyl (C=O) groups excluding carboxylic acids is 1. The SMILES string of the molecule is Cc1cccc2c1N(C1CC1)CCN2C(=O)c1ccc[nH]c1=O. The Morgan fingerprint density at radius 2 is 2.00 bits per heavy atom. The highest BCUT2D eigenvalue weighted by atomic mass is 16.2. The maximum absolute atomic E-state index is 12.9. The van der Waals surface area contributed by atoms with Crippen LogP contribution in [0, 0.1) is 6.92 Å². The van der Waals surface area contributed by atoms with E-state index in [0.29, 0.717) is 12.6 Å². The van der Waals surface area contributed by atoms with Crippen molar-refractivity contribution in [2.75, 3.05) is 22.9 Å². The first-order chi connectivity index (χ1) is 11.2. The number of aromatic amines is 1. The van der Waals surface area contributed by atoms with E-state index in [2.05, 4.69) is 22.9 Å². The molecule has 5 heteroatoms. The monoisotopic (exact) mass is 309 g/mol. The summed E-state index contributed by atoms with van der Waals surface area (Å²) in [6, 6.07) is 9.91. The summed E-state index contributed by atoms with van der Waals surface area (Å²) in [6.07, 6.45) is 3.99. The summed E-state index contributed by atoms with van der Waals surface area (Å²) in [4.78, 5) is 31.6. The van der Waals surface area contributed by atoms with E-state index in [1.54, 1.807) is 23.2 Å². The van der Waals surface area contributed by atoms with Crippen molar-refractivity contribution < 1.29 is 4.79 Å². The van der Waals surface area contributed by atoms with Crippen LogP contribution in [0.4, 0.5) is 11.4 Å². The Morgan fingerprint density at radius 3 is 2.74 bits per heavy atom. The number of hydrogen-bond acceptors (Lipinski definition) is 3. The highest BCUT2D eigenvalue weighted by Gasteiger charge is 2.36. The first kappa shape index (κ1) is 14.1. The number of nitrogens with one attached hydrogen (secondary N) is 1. The van der Waals surface area contributed by atoms with Crippen molar-refractivity contribution in [2.45, 2.75) is 25.8 Å². The second-order valence-electron chi connectivity index (χ2n) is 6.24. The molecule has 2 heterocycles. The second kappa shape index (κ2) is 5.26. The van der Waals surface area contributed by atoms with Crippen LogP contribution in [0.25, 0.3) is 0 Å². The molecular formula is C18H19N3O2. The van der Waals surface area contributed by atoms with E-state index in [4.69, 9.17) is 0 Å².